The van der Waals surface area contributed by atoms with E-state index in [1.54, 1.807) is 31.2 Å². The minimum Gasteiger partial charge on any atom is -0.508 e. The number of benzene rings is 2. The lowest BCUT2D eigenvalue weighted by Gasteiger charge is -2.44. The molecule has 0 aromatic heterocycles. The molecule has 2 aromatic rings. The van der Waals surface area contributed by atoms with E-state index in [4.69, 9.17) is 16.3 Å². The van der Waals surface area contributed by atoms with Crippen LogP contribution in [0.15, 0.2) is 42.5 Å². The maximum absolute atomic E-state index is 12.8. The number of carbonyl (C=O) groups excluding carboxylic acids is 3. The summed E-state index contributed by atoms with van der Waals surface area (Å²) in [6, 6.07) is 10.3. The molecule has 0 spiro atoms. The van der Waals surface area contributed by atoms with E-state index in [9.17, 15) is 19.5 Å². The van der Waals surface area contributed by atoms with Gasteiger partial charge in [0.15, 0.2) is 0 Å². The predicted octanol–water partition coefficient (Wildman–Crippen LogP) is 2.59. The molecule has 2 atom stereocenters. The average Bonchev–Trinajstić information content (AvgIpc) is 2.68. The lowest BCUT2D eigenvalue weighted by molar-refractivity contribution is -0.149. The molecule has 8 nitrogen and oxygen atoms in total. The molecule has 29 heavy (non-hydrogen) atoms. The molecule has 1 heterocycles. The van der Waals surface area contributed by atoms with Crippen molar-refractivity contribution in [2.75, 3.05) is 11.9 Å². The number of ether oxygens (including phenoxy) is 1. The van der Waals surface area contributed by atoms with Crippen LogP contribution in [0.2, 0.25) is 0 Å². The minimum atomic E-state index is -0.905. The fraction of sp³-hybridized carbons (Fsp3) is 0.250. The highest BCUT2D eigenvalue weighted by molar-refractivity contribution is 6.33. The van der Waals surface area contributed by atoms with Gasteiger partial charge in [0.1, 0.15) is 22.9 Å². The summed E-state index contributed by atoms with van der Waals surface area (Å²) < 4.78 is 5.51. The van der Waals surface area contributed by atoms with Gasteiger partial charge < -0.3 is 15.2 Å². The van der Waals surface area contributed by atoms with Crippen molar-refractivity contribution in [3.8, 4) is 11.5 Å². The fourth-order valence-corrected chi connectivity index (χ4v) is 3.40. The first-order valence-electron chi connectivity index (χ1n) is 8.94. The van der Waals surface area contributed by atoms with Crippen molar-refractivity contribution in [2.45, 2.75) is 25.3 Å². The number of nitrogens with one attached hydrogen (secondary N) is 2. The van der Waals surface area contributed by atoms with E-state index in [2.05, 4.69) is 10.7 Å². The molecule has 1 fully saturated rings. The van der Waals surface area contributed by atoms with E-state index < -0.39 is 23.2 Å². The van der Waals surface area contributed by atoms with E-state index in [0.29, 0.717) is 17.9 Å². The normalized spacial score (nSPS) is 18.0. The average molecular weight is 418 g/mol. The molecular weight excluding hydrogens is 398 g/mol. The highest BCUT2D eigenvalue weighted by Crippen LogP contribution is 2.40. The summed E-state index contributed by atoms with van der Waals surface area (Å²) in [6.07, 6.45) is 0. The van der Waals surface area contributed by atoms with Crippen LogP contribution in [0.4, 0.5) is 5.69 Å². The van der Waals surface area contributed by atoms with Crippen LogP contribution >= 0.6 is 11.6 Å². The third-order valence-corrected chi connectivity index (χ3v) is 4.78. The first-order valence-corrected chi connectivity index (χ1v) is 9.37. The van der Waals surface area contributed by atoms with Gasteiger partial charge in [-0.3, -0.25) is 19.8 Å². The Morgan fingerprint density at radius 2 is 1.97 bits per heavy atom. The molecule has 3 amide bonds. The number of phenols is 1. The monoisotopic (exact) mass is 417 g/mol. The number of nitrogens with zero attached hydrogens (tertiary/aromatic N) is 1. The number of β-lactam (4-membered cyclic amide) rings is 1. The predicted molar refractivity (Wildman–Crippen MR) is 107 cm³/mol. The molecule has 2 aromatic carbocycles. The number of halogens is 1. The number of alkyl halides is 1. The third kappa shape index (κ3) is 4.12. The van der Waals surface area contributed by atoms with Gasteiger partial charge >= 0.3 is 0 Å². The van der Waals surface area contributed by atoms with Gasteiger partial charge in [0.2, 0.25) is 5.91 Å². The van der Waals surface area contributed by atoms with Crippen LogP contribution in [0.5, 0.6) is 11.5 Å². The second-order valence-corrected chi connectivity index (χ2v) is 6.85. The molecule has 1 aliphatic heterocycles. The Morgan fingerprint density at radius 1 is 1.24 bits per heavy atom. The SMILES string of the molecule is CCOc1cc(NC(C)=O)ccc1C(=O)NN1C(=O)C(Cl)C1c1ccccc1O. The highest BCUT2D eigenvalue weighted by atomic mass is 35.5. The number of phenolic OH excluding ortho intramolecular Hbond substituents is 1. The number of hydrazine groups is 1. The van der Waals surface area contributed by atoms with Gasteiger partial charge in [-0.25, -0.2) is 5.01 Å². The zero-order chi connectivity index (χ0) is 21.1. The Morgan fingerprint density at radius 3 is 2.62 bits per heavy atom. The third-order valence-electron chi connectivity index (χ3n) is 4.35. The zero-order valence-electron chi connectivity index (χ0n) is 15.8. The Balaban J connectivity index is 1.84. The minimum absolute atomic E-state index is 0.0236. The number of carbonyl (C=O) groups is 3. The van der Waals surface area contributed by atoms with Gasteiger partial charge in [-0.15, -0.1) is 11.6 Å². The van der Waals surface area contributed by atoms with E-state index in [1.165, 1.54) is 25.1 Å². The van der Waals surface area contributed by atoms with Crippen molar-refractivity contribution < 1.29 is 24.2 Å². The van der Waals surface area contributed by atoms with Crippen LogP contribution in [0.3, 0.4) is 0 Å². The molecule has 0 radical (unpaired) electrons. The van der Waals surface area contributed by atoms with Crippen LogP contribution in [-0.4, -0.2) is 39.8 Å². The molecule has 3 rings (SSSR count). The second kappa shape index (κ2) is 8.40. The Hall–Kier alpha value is -3.26. The van der Waals surface area contributed by atoms with Gasteiger partial charge in [0, 0.05) is 24.2 Å². The quantitative estimate of drug-likeness (QED) is 0.494. The maximum atomic E-state index is 12.8. The number of anilines is 1. The van der Waals surface area contributed by atoms with Crippen molar-refractivity contribution in [3.63, 3.8) is 0 Å². The van der Waals surface area contributed by atoms with Crippen LogP contribution < -0.4 is 15.5 Å². The molecule has 3 N–H and O–H groups in total. The van der Waals surface area contributed by atoms with Crippen molar-refractivity contribution in [1.82, 2.24) is 10.4 Å². The van der Waals surface area contributed by atoms with E-state index in [0.717, 1.165) is 5.01 Å². The van der Waals surface area contributed by atoms with Crippen LogP contribution in [0.25, 0.3) is 0 Å². The zero-order valence-corrected chi connectivity index (χ0v) is 16.6. The molecule has 152 valence electrons. The smallest absolute Gasteiger partial charge is 0.273 e. The summed E-state index contributed by atoms with van der Waals surface area (Å²) in [7, 11) is 0. The van der Waals surface area contributed by atoms with Gasteiger partial charge in [-0.05, 0) is 25.1 Å². The summed E-state index contributed by atoms with van der Waals surface area (Å²) in [5.41, 5.74) is 3.62. The summed E-state index contributed by atoms with van der Waals surface area (Å²) in [5, 5.41) is 12.9. The van der Waals surface area contributed by atoms with Gasteiger partial charge in [0.05, 0.1) is 12.2 Å². The van der Waals surface area contributed by atoms with Gasteiger partial charge in [-0.2, -0.15) is 0 Å². The number of rotatable bonds is 6. The molecule has 2 unspecified atom stereocenters. The summed E-state index contributed by atoms with van der Waals surface area (Å²) in [6.45, 7) is 3.44. The van der Waals surface area contributed by atoms with Crippen LogP contribution in [-0.2, 0) is 9.59 Å². The standard InChI is InChI=1S/C20H20ClN3O5/c1-3-29-16-10-12(22-11(2)25)8-9-14(16)19(27)23-24-18(17(21)20(24)28)13-6-4-5-7-15(13)26/h4-10,17-18,26H,3H2,1-2H3,(H,22,25)(H,23,27). The molecule has 0 aliphatic carbocycles. The number of hydrogen-bond acceptors (Lipinski definition) is 5. The lowest BCUT2D eigenvalue weighted by atomic mass is 9.94. The molecule has 1 saturated heterocycles. The van der Waals surface area contributed by atoms with Gasteiger partial charge in [-0.1, -0.05) is 18.2 Å². The Kier molecular flexibility index (Phi) is 5.93. The van der Waals surface area contributed by atoms with Gasteiger partial charge in [0.25, 0.3) is 11.8 Å². The van der Waals surface area contributed by atoms with Crippen LogP contribution in [0.1, 0.15) is 35.8 Å². The van der Waals surface area contributed by atoms with Crippen molar-refractivity contribution >= 4 is 35.0 Å². The molecule has 1 aliphatic rings. The number of aromatic hydroxyl groups is 1. The molecule has 9 heteroatoms. The summed E-state index contributed by atoms with van der Waals surface area (Å²) in [5.74, 6) is -1.09. The maximum Gasteiger partial charge on any atom is 0.273 e. The first kappa shape index (κ1) is 20.5. The van der Waals surface area contributed by atoms with E-state index in [-0.39, 0.29) is 23.0 Å². The molecule has 0 saturated carbocycles. The Labute approximate surface area is 172 Å². The molecular formula is C20H20ClN3O5. The lowest BCUT2D eigenvalue weighted by Crippen LogP contribution is -2.63. The number of hydrogen-bond donors (Lipinski definition) is 3. The summed E-state index contributed by atoms with van der Waals surface area (Å²) >= 11 is 6.13. The van der Waals surface area contributed by atoms with Crippen molar-refractivity contribution in [3.05, 3.63) is 53.6 Å². The first-order chi connectivity index (χ1) is 13.8. The Bertz CT molecular complexity index is 965. The van der Waals surface area contributed by atoms with Crippen molar-refractivity contribution in [1.29, 1.82) is 0 Å². The highest BCUT2D eigenvalue weighted by Gasteiger charge is 2.49. The topological polar surface area (TPSA) is 108 Å². The fourth-order valence-electron chi connectivity index (χ4n) is 3.05. The second-order valence-electron chi connectivity index (χ2n) is 6.38. The van der Waals surface area contributed by atoms with E-state index >= 15 is 0 Å². The number of para-hydroxylation sites is 1. The molecule has 0 bridgehead atoms. The number of amides is 3. The van der Waals surface area contributed by atoms with Crippen LogP contribution in [0, 0.1) is 0 Å². The van der Waals surface area contributed by atoms with Crippen molar-refractivity contribution in [2.24, 2.45) is 0 Å². The summed E-state index contributed by atoms with van der Waals surface area (Å²) in [4.78, 5) is 36.3. The van der Waals surface area contributed by atoms with E-state index in [1.807, 2.05) is 0 Å². The largest absolute Gasteiger partial charge is 0.508 e.